The molecule has 0 atom stereocenters. The number of nitro benzene ring substituents is 1. The van der Waals surface area contributed by atoms with Gasteiger partial charge in [0.15, 0.2) is 0 Å². The number of amides is 1. The van der Waals surface area contributed by atoms with Gasteiger partial charge in [-0.1, -0.05) is 49.2 Å². The number of nitrogens with one attached hydrogen (secondary N) is 3. The smallest absolute Gasteiger partial charge is 0.293 e. The number of aromatic nitrogens is 1. The highest BCUT2D eigenvalue weighted by Gasteiger charge is 2.30. The van der Waals surface area contributed by atoms with Crippen molar-refractivity contribution < 1.29 is 27.6 Å². The third-order valence-corrected chi connectivity index (χ3v) is 13.7. The highest BCUT2D eigenvalue weighted by atomic mass is 32.2. The average molecular weight is 847 g/mol. The lowest BCUT2D eigenvalue weighted by Gasteiger charge is -2.39. The van der Waals surface area contributed by atoms with E-state index in [1.807, 2.05) is 30.5 Å². The number of ether oxygens (including phenoxy) is 2. The number of hydrogen-bond acceptors (Lipinski definition) is 10. The average Bonchev–Trinajstić information content (AvgIpc) is 3.72. The summed E-state index contributed by atoms with van der Waals surface area (Å²) in [7, 11) is -4.53. The summed E-state index contributed by atoms with van der Waals surface area (Å²) >= 11 is 0. The number of carbonyl (C=O) groups is 1. The van der Waals surface area contributed by atoms with Crippen LogP contribution >= 0.6 is 0 Å². The number of nitrogens with zero attached hydrogens (tertiary/aromatic N) is 3. The van der Waals surface area contributed by atoms with Gasteiger partial charge in [-0.2, -0.15) is 0 Å². The third-order valence-electron chi connectivity index (χ3n) is 12.3. The van der Waals surface area contributed by atoms with Crippen molar-refractivity contribution in [1.29, 1.82) is 0 Å². The minimum Gasteiger partial charge on any atom is -0.456 e. The molecule has 0 saturated carbocycles. The van der Waals surface area contributed by atoms with Crippen molar-refractivity contribution in [2.45, 2.75) is 57.8 Å². The van der Waals surface area contributed by atoms with E-state index in [0.717, 1.165) is 81.1 Å². The first kappa shape index (κ1) is 42.0. The largest absolute Gasteiger partial charge is 0.456 e. The van der Waals surface area contributed by atoms with Crippen LogP contribution in [0.25, 0.3) is 16.5 Å². The van der Waals surface area contributed by atoms with Gasteiger partial charge in [-0.05, 0) is 110 Å². The fourth-order valence-corrected chi connectivity index (χ4v) is 9.61. The summed E-state index contributed by atoms with van der Waals surface area (Å²) in [6, 6.07) is 25.1. The molecule has 3 heterocycles. The molecule has 4 aromatic carbocycles. The lowest BCUT2D eigenvalue weighted by molar-refractivity contribution is -0.384. The van der Waals surface area contributed by atoms with Gasteiger partial charge in [0, 0.05) is 87.4 Å². The number of hydrogen-bond donors (Lipinski definition) is 3. The molecule has 0 spiro atoms. The van der Waals surface area contributed by atoms with E-state index < -0.39 is 31.4 Å². The van der Waals surface area contributed by atoms with Crippen molar-refractivity contribution in [2.75, 3.05) is 62.7 Å². The number of piperazine rings is 1. The molecule has 1 aliphatic carbocycles. The molecule has 1 aromatic heterocycles. The van der Waals surface area contributed by atoms with E-state index in [0.29, 0.717) is 25.5 Å². The molecule has 320 valence electrons. The summed E-state index contributed by atoms with van der Waals surface area (Å²) in [5.41, 5.74) is 7.40. The molecule has 61 heavy (non-hydrogen) atoms. The van der Waals surface area contributed by atoms with E-state index in [1.165, 1.54) is 40.8 Å². The molecule has 2 fully saturated rings. The molecular formula is C47H54N6O7S. The molecule has 5 aromatic rings. The van der Waals surface area contributed by atoms with E-state index in [4.69, 9.17) is 9.47 Å². The second kappa shape index (κ2) is 17.7. The van der Waals surface area contributed by atoms with Crippen LogP contribution in [0.1, 0.15) is 67.4 Å². The Kier molecular flexibility index (Phi) is 12.2. The van der Waals surface area contributed by atoms with Crippen LogP contribution in [0.4, 0.5) is 17.1 Å². The monoisotopic (exact) mass is 846 g/mol. The fourth-order valence-electron chi connectivity index (χ4n) is 8.62. The summed E-state index contributed by atoms with van der Waals surface area (Å²) in [6.07, 6.45) is 6.80. The predicted molar refractivity (Wildman–Crippen MR) is 239 cm³/mol. The number of allylic oxidation sites excluding steroid dienone is 1. The Morgan fingerprint density at radius 3 is 2.49 bits per heavy atom. The normalized spacial score (nSPS) is 17.7. The van der Waals surface area contributed by atoms with Crippen LogP contribution in [-0.4, -0.2) is 81.6 Å². The van der Waals surface area contributed by atoms with Gasteiger partial charge in [0.2, 0.25) is 0 Å². The predicted octanol–water partition coefficient (Wildman–Crippen LogP) is 8.92. The van der Waals surface area contributed by atoms with Gasteiger partial charge >= 0.3 is 0 Å². The zero-order valence-corrected chi connectivity index (χ0v) is 35.9. The quantitative estimate of drug-likeness (QED) is 0.0772. The van der Waals surface area contributed by atoms with Gasteiger partial charge < -0.3 is 24.7 Å². The van der Waals surface area contributed by atoms with Crippen LogP contribution in [0.15, 0.2) is 102 Å². The molecule has 3 N–H and O–H groups in total. The third kappa shape index (κ3) is 9.93. The molecule has 2 aliphatic heterocycles. The SMILES string of the molecule is Cc1ccc(C2=C(CN3CCN(c4ccc(C(=O)NS(=O)(=O)c5ccc(NCC6CCOCC6)c([N+](=O)[O-])c5)c(Oc5ccc6[nH]ccc6c5)c4)CC3)CCC(C)(C)C2)cc1. The van der Waals surface area contributed by atoms with Crippen LogP contribution in [0.2, 0.25) is 0 Å². The first-order valence-corrected chi connectivity index (χ1v) is 22.6. The second-order valence-electron chi connectivity index (χ2n) is 17.4. The number of rotatable bonds is 13. The molecule has 2 saturated heterocycles. The van der Waals surface area contributed by atoms with Crippen molar-refractivity contribution in [3.8, 4) is 11.5 Å². The minimum absolute atomic E-state index is 0.000157. The van der Waals surface area contributed by atoms with Gasteiger partial charge in [0.25, 0.3) is 21.6 Å². The maximum absolute atomic E-state index is 13.9. The van der Waals surface area contributed by atoms with Crippen LogP contribution in [0, 0.1) is 28.4 Å². The van der Waals surface area contributed by atoms with Crippen molar-refractivity contribution in [3.63, 3.8) is 0 Å². The highest BCUT2D eigenvalue weighted by molar-refractivity contribution is 7.90. The Morgan fingerprint density at radius 1 is 0.967 bits per heavy atom. The molecule has 3 aliphatic rings. The van der Waals surface area contributed by atoms with Crippen molar-refractivity contribution in [2.24, 2.45) is 11.3 Å². The van der Waals surface area contributed by atoms with E-state index >= 15 is 0 Å². The molecule has 14 heteroatoms. The summed E-state index contributed by atoms with van der Waals surface area (Å²) in [5.74, 6) is 0.00754. The molecule has 0 bridgehead atoms. The van der Waals surface area contributed by atoms with Crippen molar-refractivity contribution in [1.82, 2.24) is 14.6 Å². The topological polar surface area (TPSA) is 159 Å². The molecule has 0 radical (unpaired) electrons. The first-order valence-electron chi connectivity index (χ1n) is 21.1. The van der Waals surface area contributed by atoms with Gasteiger partial charge in [-0.25, -0.2) is 13.1 Å². The van der Waals surface area contributed by atoms with E-state index in [2.05, 4.69) is 69.9 Å². The Hall–Kier alpha value is -5.70. The number of sulfonamides is 1. The number of aryl methyl sites for hydroxylation is 1. The van der Waals surface area contributed by atoms with E-state index in [1.54, 1.807) is 18.2 Å². The number of benzene rings is 4. The van der Waals surface area contributed by atoms with Crippen molar-refractivity contribution in [3.05, 3.63) is 124 Å². The maximum Gasteiger partial charge on any atom is 0.293 e. The van der Waals surface area contributed by atoms with Gasteiger partial charge in [-0.15, -0.1) is 0 Å². The van der Waals surface area contributed by atoms with Crippen LogP contribution in [-0.2, 0) is 14.8 Å². The fraction of sp³-hybridized carbons (Fsp3) is 0.383. The highest BCUT2D eigenvalue weighted by Crippen LogP contribution is 2.43. The zero-order chi connectivity index (χ0) is 42.7. The van der Waals surface area contributed by atoms with Crippen LogP contribution in [0.5, 0.6) is 11.5 Å². The molecule has 8 rings (SSSR count). The Balaban J connectivity index is 1.00. The Bertz CT molecular complexity index is 2550. The van der Waals surface area contributed by atoms with Crippen LogP contribution in [0.3, 0.4) is 0 Å². The van der Waals surface area contributed by atoms with Crippen LogP contribution < -0.4 is 19.7 Å². The van der Waals surface area contributed by atoms with Gasteiger partial charge in [-0.3, -0.25) is 19.8 Å². The molecule has 1 amide bonds. The summed E-state index contributed by atoms with van der Waals surface area (Å²) in [4.78, 5) is 32.9. The number of anilines is 2. The maximum atomic E-state index is 13.9. The van der Waals surface area contributed by atoms with E-state index in [-0.39, 0.29) is 28.3 Å². The lowest BCUT2D eigenvalue weighted by Crippen LogP contribution is -2.47. The number of H-pyrrole nitrogens is 1. The first-order chi connectivity index (χ1) is 29.3. The Labute approximate surface area is 357 Å². The minimum atomic E-state index is -4.53. The van der Waals surface area contributed by atoms with Crippen molar-refractivity contribution >= 4 is 49.5 Å². The number of fused-ring (bicyclic) bond motifs is 1. The zero-order valence-electron chi connectivity index (χ0n) is 35.0. The standard InChI is InChI=1S/C47H54N6O7S/c1-32-4-6-34(7-5-32)41-29-47(2,3)18-14-36(41)31-51-20-22-52(23-21-51)37-8-11-40(45(27-37)60-38-9-12-42-35(26-38)15-19-48-42)46(54)50-61(57,58)39-10-13-43(44(28-39)53(55)56)49-30-33-16-24-59-25-17-33/h4-13,15,19,26-28,33,48-49H,14,16-18,20-25,29-31H2,1-3H3,(H,50,54). The lowest BCUT2D eigenvalue weighted by atomic mass is 9.72. The Morgan fingerprint density at radius 2 is 1.74 bits per heavy atom. The molecule has 13 nitrogen and oxygen atoms in total. The number of aromatic amines is 1. The molecule has 0 unspecified atom stereocenters. The summed E-state index contributed by atoms with van der Waals surface area (Å²) in [6.45, 7) is 12.7. The van der Waals surface area contributed by atoms with Gasteiger partial charge in [0.1, 0.15) is 17.2 Å². The summed E-state index contributed by atoms with van der Waals surface area (Å²) in [5, 5.41) is 16.1. The summed E-state index contributed by atoms with van der Waals surface area (Å²) < 4.78 is 41.3. The number of carbonyl (C=O) groups excluding carboxylic acids is 1. The second-order valence-corrected chi connectivity index (χ2v) is 19.1. The van der Waals surface area contributed by atoms with Gasteiger partial charge in [0.05, 0.1) is 15.4 Å². The van der Waals surface area contributed by atoms with E-state index in [9.17, 15) is 23.3 Å². The molecular weight excluding hydrogens is 793 g/mol. The number of nitro groups is 1.